The van der Waals surface area contributed by atoms with Crippen LogP contribution in [0.25, 0.3) is 0 Å². The second-order valence-corrected chi connectivity index (χ2v) is 4.39. The zero-order valence-corrected chi connectivity index (χ0v) is 9.69. The lowest BCUT2D eigenvalue weighted by Crippen LogP contribution is -2.35. The first kappa shape index (κ1) is 11.1. The second-order valence-electron chi connectivity index (χ2n) is 4.39. The Balaban J connectivity index is 2.35. The lowest BCUT2D eigenvalue weighted by Gasteiger charge is -2.23. The number of rotatable bonds is 2. The molecular formula is C11H17N3O2. The van der Waals surface area contributed by atoms with Crippen LogP contribution in [0.5, 0.6) is 0 Å². The van der Waals surface area contributed by atoms with Gasteiger partial charge in [0.2, 0.25) is 0 Å². The van der Waals surface area contributed by atoms with Crippen molar-refractivity contribution >= 4 is 5.97 Å². The van der Waals surface area contributed by atoms with Crippen molar-refractivity contribution in [1.29, 1.82) is 0 Å². The van der Waals surface area contributed by atoms with Gasteiger partial charge in [0.25, 0.3) is 0 Å². The predicted octanol–water partition coefficient (Wildman–Crippen LogP) is 0.935. The fourth-order valence-corrected chi connectivity index (χ4v) is 2.40. The maximum atomic E-state index is 11.4. The van der Waals surface area contributed by atoms with E-state index >= 15 is 0 Å². The first-order valence-electron chi connectivity index (χ1n) is 5.48. The third-order valence-electron chi connectivity index (χ3n) is 3.28. The van der Waals surface area contributed by atoms with Crippen molar-refractivity contribution < 1.29 is 9.53 Å². The van der Waals surface area contributed by atoms with Gasteiger partial charge in [-0.2, -0.15) is 5.10 Å². The zero-order chi connectivity index (χ0) is 11.8. The number of aryl methyl sites for hydroxylation is 1. The smallest absolute Gasteiger partial charge is 0.358 e. The molecule has 0 aliphatic heterocycles. The molecule has 1 aromatic heterocycles. The monoisotopic (exact) mass is 223 g/mol. The van der Waals surface area contributed by atoms with E-state index in [1.807, 2.05) is 7.05 Å². The molecule has 2 N–H and O–H groups in total. The first-order chi connectivity index (χ1) is 7.57. The summed E-state index contributed by atoms with van der Waals surface area (Å²) >= 11 is 0. The largest absolute Gasteiger partial charge is 0.464 e. The number of hydrogen-bond acceptors (Lipinski definition) is 4. The Bertz CT molecular complexity index is 405. The molecule has 0 unspecified atom stereocenters. The van der Waals surface area contributed by atoms with Gasteiger partial charge in [-0.25, -0.2) is 4.79 Å². The highest BCUT2D eigenvalue weighted by Gasteiger charge is 2.34. The molecular weight excluding hydrogens is 206 g/mol. The third-order valence-corrected chi connectivity index (χ3v) is 3.28. The van der Waals surface area contributed by atoms with Crippen LogP contribution in [0, 0.1) is 0 Å². The van der Waals surface area contributed by atoms with Gasteiger partial charge in [-0.3, -0.25) is 4.68 Å². The minimum atomic E-state index is -0.413. The molecule has 1 aliphatic carbocycles. The number of ether oxygens (including phenoxy) is 1. The highest BCUT2D eigenvalue weighted by Crippen LogP contribution is 2.36. The summed E-state index contributed by atoms with van der Waals surface area (Å²) in [5, 5.41) is 4.13. The SMILES string of the molecule is COC(=O)c1cc(C2(N)CCCC2)n(C)n1. The van der Waals surface area contributed by atoms with Gasteiger partial charge in [-0.1, -0.05) is 12.8 Å². The summed E-state index contributed by atoms with van der Waals surface area (Å²) in [6.07, 6.45) is 4.17. The zero-order valence-electron chi connectivity index (χ0n) is 9.69. The van der Waals surface area contributed by atoms with Crippen molar-refractivity contribution in [1.82, 2.24) is 9.78 Å². The lowest BCUT2D eigenvalue weighted by molar-refractivity contribution is 0.0593. The topological polar surface area (TPSA) is 70.1 Å². The summed E-state index contributed by atoms with van der Waals surface area (Å²) in [5.74, 6) is -0.413. The highest BCUT2D eigenvalue weighted by atomic mass is 16.5. The number of esters is 1. The van der Waals surface area contributed by atoms with E-state index in [-0.39, 0.29) is 5.54 Å². The number of carbonyl (C=O) groups excluding carboxylic acids is 1. The van der Waals surface area contributed by atoms with Gasteiger partial charge in [0.05, 0.1) is 18.3 Å². The summed E-state index contributed by atoms with van der Waals surface area (Å²) in [5.41, 5.74) is 7.25. The number of nitrogens with two attached hydrogens (primary N) is 1. The molecule has 1 heterocycles. The van der Waals surface area contributed by atoms with Crippen LogP contribution in [0.2, 0.25) is 0 Å². The molecule has 0 bridgehead atoms. The Morgan fingerprint density at radius 1 is 1.56 bits per heavy atom. The van der Waals surface area contributed by atoms with E-state index in [1.165, 1.54) is 7.11 Å². The number of nitrogens with zero attached hydrogens (tertiary/aromatic N) is 2. The van der Waals surface area contributed by atoms with Crippen LogP contribution in [0.1, 0.15) is 41.9 Å². The maximum absolute atomic E-state index is 11.4. The molecule has 0 atom stereocenters. The standard InChI is InChI=1S/C11H17N3O2/c1-14-9(11(12)5-3-4-6-11)7-8(13-14)10(15)16-2/h7H,3-6,12H2,1-2H3. The average Bonchev–Trinajstić information content (AvgIpc) is 2.84. The second kappa shape index (κ2) is 3.90. The fourth-order valence-electron chi connectivity index (χ4n) is 2.40. The van der Waals surface area contributed by atoms with Crippen molar-refractivity contribution in [2.24, 2.45) is 12.8 Å². The number of aromatic nitrogens is 2. The molecule has 2 rings (SSSR count). The predicted molar refractivity (Wildman–Crippen MR) is 58.9 cm³/mol. The third kappa shape index (κ3) is 1.71. The maximum Gasteiger partial charge on any atom is 0.358 e. The first-order valence-corrected chi connectivity index (χ1v) is 5.48. The molecule has 1 aliphatic rings. The summed E-state index contributed by atoms with van der Waals surface area (Å²) < 4.78 is 6.34. The van der Waals surface area contributed by atoms with Gasteiger partial charge in [0.1, 0.15) is 0 Å². The molecule has 0 radical (unpaired) electrons. The normalized spacial score (nSPS) is 18.7. The van der Waals surface area contributed by atoms with Gasteiger partial charge >= 0.3 is 5.97 Å². The van der Waals surface area contributed by atoms with E-state index in [0.29, 0.717) is 5.69 Å². The van der Waals surface area contributed by atoms with E-state index < -0.39 is 5.97 Å². The van der Waals surface area contributed by atoms with Crippen molar-refractivity contribution in [3.63, 3.8) is 0 Å². The Kier molecular flexibility index (Phi) is 2.71. The van der Waals surface area contributed by atoms with Crippen molar-refractivity contribution in [3.8, 4) is 0 Å². The lowest BCUT2D eigenvalue weighted by atomic mass is 9.94. The molecule has 5 nitrogen and oxygen atoms in total. The van der Waals surface area contributed by atoms with Gasteiger partial charge in [-0.15, -0.1) is 0 Å². The summed E-state index contributed by atoms with van der Waals surface area (Å²) in [7, 11) is 3.17. The number of methoxy groups -OCH3 is 1. The Labute approximate surface area is 94.6 Å². The summed E-state index contributed by atoms with van der Waals surface area (Å²) in [4.78, 5) is 11.4. The molecule has 1 fully saturated rings. The Hall–Kier alpha value is -1.36. The molecule has 0 aromatic carbocycles. The van der Waals surface area contributed by atoms with Crippen LogP contribution in [0.4, 0.5) is 0 Å². The molecule has 5 heteroatoms. The van der Waals surface area contributed by atoms with E-state index in [0.717, 1.165) is 31.4 Å². The van der Waals surface area contributed by atoms with Crippen LogP contribution in [0.15, 0.2) is 6.07 Å². The summed E-state index contributed by atoms with van der Waals surface area (Å²) in [6, 6.07) is 1.75. The van der Waals surface area contributed by atoms with Crippen molar-refractivity contribution in [2.75, 3.05) is 7.11 Å². The molecule has 0 saturated heterocycles. The van der Waals surface area contributed by atoms with Crippen LogP contribution in [0.3, 0.4) is 0 Å². The van der Waals surface area contributed by atoms with Crippen LogP contribution >= 0.6 is 0 Å². The molecule has 0 amide bonds. The van der Waals surface area contributed by atoms with Gasteiger partial charge in [-0.05, 0) is 18.9 Å². The van der Waals surface area contributed by atoms with Crippen LogP contribution in [-0.2, 0) is 17.3 Å². The summed E-state index contributed by atoms with van der Waals surface area (Å²) in [6.45, 7) is 0. The highest BCUT2D eigenvalue weighted by molar-refractivity contribution is 5.87. The average molecular weight is 223 g/mol. The molecule has 88 valence electrons. The van der Waals surface area contributed by atoms with Crippen molar-refractivity contribution in [2.45, 2.75) is 31.2 Å². The van der Waals surface area contributed by atoms with Crippen molar-refractivity contribution in [3.05, 3.63) is 17.5 Å². The number of hydrogen-bond donors (Lipinski definition) is 1. The minimum Gasteiger partial charge on any atom is -0.464 e. The van der Waals surface area contributed by atoms with Gasteiger partial charge in [0, 0.05) is 7.05 Å². The molecule has 1 saturated carbocycles. The van der Waals surface area contributed by atoms with E-state index in [2.05, 4.69) is 9.84 Å². The Morgan fingerprint density at radius 3 is 2.75 bits per heavy atom. The van der Waals surface area contributed by atoms with Crippen LogP contribution in [-0.4, -0.2) is 22.9 Å². The fraction of sp³-hybridized carbons (Fsp3) is 0.636. The van der Waals surface area contributed by atoms with Crippen LogP contribution < -0.4 is 5.73 Å². The van der Waals surface area contributed by atoms with Gasteiger partial charge < -0.3 is 10.5 Å². The molecule has 0 spiro atoms. The Morgan fingerprint density at radius 2 is 2.19 bits per heavy atom. The quantitative estimate of drug-likeness (QED) is 0.757. The van der Waals surface area contributed by atoms with E-state index in [4.69, 9.17) is 5.73 Å². The molecule has 1 aromatic rings. The number of carbonyl (C=O) groups is 1. The van der Waals surface area contributed by atoms with E-state index in [1.54, 1.807) is 10.7 Å². The minimum absolute atomic E-state index is 0.325. The van der Waals surface area contributed by atoms with Gasteiger partial charge in [0.15, 0.2) is 5.69 Å². The molecule has 16 heavy (non-hydrogen) atoms. The van der Waals surface area contributed by atoms with E-state index in [9.17, 15) is 4.79 Å².